The first-order chi connectivity index (χ1) is 11.6. The second kappa shape index (κ2) is 6.37. The number of nitrogens with zero attached hydrogens (tertiary/aromatic N) is 1. The summed E-state index contributed by atoms with van der Waals surface area (Å²) in [6.45, 7) is 3.65. The van der Waals surface area contributed by atoms with Gasteiger partial charge in [-0.3, -0.25) is 14.9 Å². The van der Waals surface area contributed by atoms with Crippen LogP contribution in [0.4, 0.5) is 5.69 Å². The van der Waals surface area contributed by atoms with Crippen LogP contribution in [0.15, 0.2) is 70.4 Å². The van der Waals surface area contributed by atoms with Gasteiger partial charge in [-0.1, -0.05) is 24.8 Å². The minimum atomic E-state index is -0.529. The van der Waals surface area contributed by atoms with Crippen LogP contribution in [-0.4, -0.2) is 11.5 Å². The molecule has 120 valence electrons. The zero-order valence-electron chi connectivity index (χ0n) is 12.6. The number of nitro benzene ring substituents is 1. The molecule has 0 aliphatic carbocycles. The van der Waals surface area contributed by atoms with E-state index in [1.807, 2.05) is 0 Å². The number of rotatable bonds is 5. The average molecular weight is 323 g/mol. The van der Waals surface area contributed by atoms with E-state index in [9.17, 15) is 14.9 Å². The SMILES string of the molecule is C=CCOc1cc(-c2cc(=O)c3ccccc3o2)ccc1[N+](=O)[O-]. The van der Waals surface area contributed by atoms with E-state index in [0.717, 1.165) is 0 Å². The maximum absolute atomic E-state index is 12.2. The van der Waals surface area contributed by atoms with Crippen LogP contribution in [0.3, 0.4) is 0 Å². The summed E-state index contributed by atoms with van der Waals surface area (Å²) in [6.07, 6.45) is 1.49. The minimum absolute atomic E-state index is 0.0909. The Morgan fingerprint density at radius 2 is 2.00 bits per heavy atom. The van der Waals surface area contributed by atoms with Crippen molar-refractivity contribution in [2.75, 3.05) is 6.61 Å². The van der Waals surface area contributed by atoms with E-state index in [0.29, 0.717) is 22.3 Å². The van der Waals surface area contributed by atoms with Crippen molar-refractivity contribution in [3.05, 3.63) is 81.5 Å². The maximum Gasteiger partial charge on any atom is 0.310 e. The van der Waals surface area contributed by atoms with Crippen molar-refractivity contribution in [3.63, 3.8) is 0 Å². The van der Waals surface area contributed by atoms with Crippen molar-refractivity contribution in [2.45, 2.75) is 0 Å². The third kappa shape index (κ3) is 2.89. The predicted molar refractivity (Wildman–Crippen MR) is 90.3 cm³/mol. The normalized spacial score (nSPS) is 10.5. The van der Waals surface area contributed by atoms with E-state index in [-0.39, 0.29) is 23.5 Å². The second-order valence-corrected chi connectivity index (χ2v) is 5.01. The molecule has 0 fully saturated rings. The summed E-state index contributed by atoms with van der Waals surface area (Å²) >= 11 is 0. The molecule has 0 unspecified atom stereocenters. The van der Waals surface area contributed by atoms with Gasteiger partial charge in [-0.25, -0.2) is 0 Å². The van der Waals surface area contributed by atoms with Crippen molar-refractivity contribution in [2.24, 2.45) is 0 Å². The fourth-order valence-corrected chi connectivity index (χ4v) is 2.33. The first-order valence-electron chi connectivity index (χ1n) is 7.15. The van der Waals surface area contributed by atoms with E-state index in [1.165, 1.54) is 30.3 Å². The molecule has 24 heavy (non-hydrogen) atoms. The highest BCUT2D eigenvalue weighted by Crippen LogP contribution is 2.32. The molecule has 0 N–H and O–H groups in total. The molecular formula is C18H13NO5. The van der Waals surface area contributed by atoms with Gasteiger partial charge >= 0.3 is 5.69 Å². The van der Waals surface area contributed by atoms with Crippen LogP contribution in [0.5, 0.6) is 5.75 Å². The first kappa shape index (κ1) is 15.5. The van der Waals surface area contributed by atoms with Crippen molar-refractivity contribution >= 4 is 16.7 Å². The number of benzene rings is 2. The highest BCUT2D eigenvalue weighted by Gasteiger charge is 2.17. The number of ether oxygens (including phenoxy) is 1. The predicted octanol–water partition coefficient (Wildman–Crippen LogP) is 3.93. The highest BCUT2D eigenvalue weighted by molar-refractivity contribution is 5.78. The molecule has 0 amide bonds. The Kier molecular flexibility index (Phi) is 4.11. The van der Waals surface area contributed by atoms with Gasteiger partial charge in [0.2, 0.25) is 0 Å². The minimum Gasteiger partial charge on any atom is -0.483 e. The molecule has 3 rings (SSSR count). The molecule has 0 aliphatic rings. The van der Waals surface area contributed by atoms with Gasteiger partial charge in [0.15, 0.2) is 11.2 Å². The summed E-state index contributed by atoms with van der Waals surface area (Å²) in [5.41, 5.74) is 0.622. The van der Waals surface area contributed by atoms with Crippen molar-refractivity contribution in [1.82, 2.24) is 0 Å². The van der Waals surface area contributed by atoms with Crippen LogP contribution >= 0.6 is 0 Å². The molecule has 6 nitrogen and oxygen atoms in total. The lowest BCUT2D eigenvalue weighted by Crippen LogP contribution is -2.01. The fraction of sp³-hybridized carbons (Fsp3) is 0.0556. The van der Waals surface area contributed by atoms with Gasteiger partial charge in [-0.15, -0.1) is 0 Å². The zero-order valence-corrected chi connectivity index (χ0v) is 12.6. The van der Waals surface area contributed by atoms with Crippen LogP contribution < -0.4 is 10.2 Å². The number of nitro groups is 1. The summed E-state index contributed by atoms with van der Waals surface area (Å²) in [6, 6.07) is 12.6. The van der Waals surface area contributed by atoms with Gasteiger partial charge in [0.25, 0.3) is 0 Å². The molecule has 0 atom stereocenters. The highest BCUT2D eigenvalue weighted by atomic mass is 16.6. The summed E-state index contributed by atoms with van der Waals surface area (Å²) in [5.74, 6) is 0.408. The third-order valence-electron chi connectivity index (χ3n) is 3.43. The van der Waals surface area contributed by atoms with Crippen LogP contribution in [0.2, 0.25) is 0 Å². The molecule has 0 bridgehead atoms. The number of fused-ring (bicyclic) bond motifs is 1. The van der Waals surface area contributed by atoms with E-state index >= 15 is 0 Å². The van der Waals surface area contributed by atoms with Crippen LogP contribution in [0.25, 0.3) is 22.3 Å². The largest absolute Gasteiger partial charge is 0.483 e. The summed E-state index contributed by atoms with van der Waals surface area (Å²) in [5, 5.41) is 11.6. The Morgan fingerprint density at radius 3 is 2.75 bits per heavy atom. The second-order valence-electron chi connectivity index (χ2n) is 5.01. The van der Waals surface area contributed by atoms with E-state index in [1.54, 1.807) is 24.3 Å². The Hall–Kier alpha value is -3.41. The molecule has 0 aliphatic heterocycles. The lowest BCUT2D eigenvalue weighted by Gasteiger charge is -2.07. The zero-order chi connectivity index (χ0) is 17.1. The molecule has 0 spiro atoms. The van der Waals surface area contributed by atoms with E-state index < -0.39 is 4.92 Å². The van der Waals surface area contributed by atoms with Crippen LogP contribution in [-0.2, 0) is 0 Å². The first-order valence-corrected chi connectivity index (χ1v) is 7.15. The Labute approximate surface area is 136 Å². The standard InChI is InChI=1S/C18H13NO5/c1-2-9-23-18-10-12(7-8-14(18)19(21)22)17-11-15(20)13-5-3-4-6-16(13)24-17/h2-8,10-11H,1,9H2. The van der Waals surface area contributed by atoms with E-state index in [4.69, 9.17) is 9.15 Å². The lowest BCUT2D eigenvalue weighted by molar-refractivity contribution is -0.385. The van der Waals surface area contributed by atoms with Crippen LogP contribution in [0.1, 0.15) is 0 Å². The fourth-order valence-electron chi connectivity index (χ4n) is 2.33. The molecule has 1 aromatic heterocycles. The summed E-state index contributed by atoms with van der Waals surface area (Å²) in [4.78, 5) is 22.8. The number of hydrogen-bond donors (Lipinski definition) is 0. The van der Waals surface area contributed by atoms with Crippen molar-refractivity contribution in [3.8, 4) is 17.1 Å². The van der Waals surface area contributed by atoms with Gasteiger partial charge in [0.1, 0.15) is 18.0 Å². The Morgan fingerprint density at radius 1 is 1.21 bits per heavy atom. The summed E-state index contributed by atoms with van der Waals surface area (Å²) < 4.78 is 11.1. The Bertz CT molecular complexity index is 990. The van der Waals surface area contributed by atoms with Crippen molar-refractivity contribution < 1.29 is 14.1 Å². The lowest BCUT2D eigenvalue weighted by atomic mass is 10.1. The topological polar surface area (TPSA) is 82.6 Å². The summed E-state index contributed by atoms with van der Waals surface area (Å²) in [7, 11) is 0. The molecule has 6 heteroatoms. The van der Waals surface area contributed by atoms with Gasteiger partial charge < -0.3 is 9.15 Å². The van der Waals surface area contributed by atoms with Gasteiger partial charge in [0.05, 0.1) is 10.3 Å². The maximum atomic E-state index is 12.2. The third-order valence-corrected chi connectivity index (χ3v) is 3.43. The molecule has 0 saturated heterocycles. The smallest absolute Gasteiger partial charge is 0.310 e. The molecule has 2 aromatic carbocycles. The van der Waals surface area contributed by atoms with Gasteiger partial charge in [-0.05, 0) is 24.3 Å². The van der Waals surface area contributed by atoms with Crippen LogP contribution in [0, 0.1) is 10.1 Å². The molecule has 0 radical (unpaired) electrons. The number of hydrogen-bond acceptors (Lipinski definition) is 5. The quantitative estimate of drug-likeness (QED) is 0.403. The monoisotopic (exact) mass is 323 g/mol. The molecule has 0 saturated carbocycles. The molecule has 3 aromatic rings. The van der Waals surface area contributed by atoms with Crippen molar-refractivity contribution in [1.29, 1.82) is 0 Å². The van der Waals surface area contributed by atoms with E-state index in [2.05, 4.69) is 6.58 Å². The Balaban J connectivity index is 2.14. The molecular weight excluding hydrogens is 310 g/mol. The van der Waals surface area contributed by atoms with Gasteiger partial charge in [-0.2, -0.15) is 0 Å². The average Bonchev–Trinajstić information content (AvgIpc) is 2.59. The number of para-hydroxylation sites is 1. The van der Waals surface area contributed by atoms with Gasteiger partial charge in [0, 0.05) is 17.7 Å². The molecule has 1 heterocycles.